The van der Waals surface area contributed by atoms with E-state index in [2.05, 4.69) is 33.0 Å². The Balaban J connectivity index is 0.00000612. The van der Waals surface area contributed by atoms with Crippen molar-refractivity contribution < 1.29 is 38.1 Å². The maximum Gasteiger partial charge on any atom is 0.251 e. The summed E-state index contributed by atoms with van der Waals surface area (Å²) in [5.74, 6) is 0.841. The Bertz CT molecular complexity index is 877. The molecule has 0 aliphatic carbocycles. The van der Waals surface area contributed by atoms with Crippen molar-refractivity contribution >= 4 is 5.91 Å². The Hall–Kier alpha value is -1.63. The standard InChI is InChI=1S/C30H46N2O2.HI/c1-6-7-8-9-10-11-12-13-14-15-21-34-28-19-18-26(22-27(28)30(2,3)4)29(33)31-23-25-17-16-20-32(5)24-25;/h16-20,22,24H,6-15,21,23H2,1-5H3;1H. The third-order valence-electron chi connectivity index (χ3n) is 6.26. The van der Waals surface area contributed by atoms with E-state index in [1.807, 2.05) is 54.3 Å². The van der Waals surface area contributed by atoms with Crippen molar-refractivity contribution in [1.29, 1.82) is 0 Å². The highest BCUT2D eigenvalue weighted by molar-refractivity contribution is 5.94. The van der Waals surface area contributed by atoms with E-state index in [9.17, 15) is 4.79 Å². The fourth-order valence-corrected chi connectivity index (χ4v) is 4.19. The largest absolute Gasteiger partial charge is 1.00 e. The van der Waals surface area contributed by atoms with Crippen LogP contribution in [0.5, 0.6) is 5.75 Å². The molecule has 0 unspecified atom stereocenters. The fourth-order valence-electron chi connectivity index (χ4n) is 4.19. The summed E-state index contributed by atoms with van der Waals surface area (Å²) in [5.41, 5.74) is 2.73. The van der Waals surface area contributed by atoms with Crippen LogP contribution in [0.15, 0.2) is 42.7 Å². The van der Waals surface area contributed by atoms with Gasteiger partial charge in [-0.25, -0.2) is 4.57 Å². The number of aryl methyl sites for hydroxylation is 1. The number of nitrogens with one attached hydrogen (secondary N) is 1. The lowest BCUT2D eigenvalue weighted by Crippen LogP contribution is -3.00. The number of carbonyl (C=O) groups excluding carboxylic acids is 1. The summed E-state index contributed by atoms with van der Waals surface area (Å²) >= 11 is 0. The van der Waals surface area contributed by atoms with Crippen LogP contribution >= 0.6 is 0 Å². The lowest BCUT2D eigenvalue weighted by atomic mass is 9.85. The van der Waals surface area contributed by atoms with E-state index in [0.29, 0.717) is 12.1 Å². The smallest absolute Gasteiger partial charge is 0.251 e. The predicted molar refractivity (Wildman–Crippen MR) is 141 cm³/mol. The molecule has 1 N–H and O–H groups in total. The number of aromatic nitrogens is 1. The summed E-state index contributed by atoms with van der Waals surface area (Å²) in [6.07, 6.45) is 17.2. The first-order chi connectivity index (χ1) is 16.3. The van der Waals surface area contributed by atoms with Crippen LogP contribution in [0.1, 0.15) is 113 Å². The topological polar surface area (TPSA) is 42.2 Å². The average molecular weight is 595 g/mol. The number of rotatable bonds is 15. The summed E-state index contributed by atoms with van der Waals surface area (Å²) in [4.78, 5) is 12.8. The third kappa shape index (κ3) is 12.2. The lowest BCUT2D eigenvalue weighted by Gasteiger charge is -2.23. The minimum absolute atomic E-state index is 0. The third-order valence-corrected chi connectivity index (χ3v) is 6.26. The van der Waals surface area contributed by atoms with Crippen molar-refractivity contribution in [3.8, 4) is 5.75 Å². The van der Waals surface area contributed by atoms with Crippen LogP contribution in [0.2, 0.25) is 0 Å². The van der Waals surface area contributed by atoms with Crippen molar-refractivity contribution in [2.75, 3.05) is 6.61 Å². The number of carbonyl (C=O) groups is 1. The number of pyridine rings is 1. The van der Waals surface area contributed by atoms with Crippen molar-refractivity contribution in [2.24, 2.45) is 7.05 Å². The van der Waals surface area contributed by atoms with Crippen LogP contribution < -0.4 is 38.6 Å². The Kier molecular flexibility index (Phi) is 15.2. The van der Waals surface area contributed by atoms with E-state index in [-0.39, 0.29) is 35.3 Å². The van der Waals surface area contributed by atoms with E-state index in [4.69, 9.17) is 4.74 Å². The fraction of sp³-hybridized carbons (Fsp3) is 0.600. The molecule has 0 bridgehead atoms. The second kappa shape index (κ2) is 16.9. The zero-order chi connectivity index (χ0) is 24.8. The van der Waals surface area contributed by atoms with Gasteiger partial charge < -0.3 is 34.0 Å². The summed E-state index contributed by atoms with van der Waals surface area (Å²) in [5, 5.41) is 3.04. The maximum atomic E-state index is 12.8. The van der Waals surface area contributed by atoms with Crippen LogP contribution in [0.25, 0.3) is 0 Å². The lowest BCUT2D eigenvalue weighted by molar-refractivity contribution is -0.671. The summed E-state index contributed by atoms with van der Waals surface area (Å²) in [7, 11) is 1.98. The van der Waals surface area contributed by atoms with Gasteiger partial charge >= 0.3 is 0 Å². The van der Waals surface area contributed by atoms with Crippen LogP contribution in [-0.2, 0) is 19.0 Å². The van der Waals surface area contributed by atoms with E-state index in [1.54, 1.807) is 0 Å². The number of ether oxygens (including phenoxy) is 1. The molecule has 1 aromatic carbocycles. The summed E-state index contributed by atoms with van der Waals surface area (Å²) < 4.78 is 8.16. The maximum absolute atomic E-state index is 12.8. The van der Waals surface area contributed by atoms with E-state index < -0.39 is 0 Å². The Labute approximate surface area is 231 Å². The highest BCUT2D eigenvalue weighted by Crippen LogP contribution is 2.32. The first kappa shape index (κ1) is 31.4. The van der Waals surface area contributed by atoms with Gasteiger partial charge in [-0.1, -0.05) is 85.5 Å². The second-order valence-corrected chi connectivity index (χ2v) is 10.6. The molecule has 0 saturated heterocycles. The molecule has 0 aliphatic heterocycles. The van der Waals surface area contributed by atoms with Crippen molar-refractivity contribution in [1.82, 2.24) is 5.32 Å². The molecule has 196 valence electrons. The molecule has 0 aliphatic rings. The van der Waals surface area contributed by atoms with Gasteiger partial charge in [-0.2, -0.15) is 0 Å². The molecule has 0 atom stereocenters. The number of hydrogen-bond acceptors (Lipinski definition) is 2. The van der Waals surface area contributed by atoms with Gasteiger partial charge in [0.1, 0.15) is 12.8 Å². The summed E-state index contributed by atoms with van der Waals surface area (Å²) in [6.45, 7) is 10.0. The SMILES string of the molecule is CCCCCCCCCCCCOc1ccc(C(=O)NCc2ccc[n+](C)c2)cc1C(C)(C)C.[I-]. The van der Waals surface area contributed by atoms with Crippen molar-refractivity contribution in [3.05, 3.63) is 59.4 Å². The molecule has 0 spiro atoms. The van der Waals surface area contributed by atoms with Gasteiger partial charge in [-0.3, -0.25) is 4.79 Å². The molecular formula is C30H47IN2O2. The molecule has 0 saturated carbocycles. The Morgan fingerprint density at radius 3 is 2.17 bits per heavy atom. The van der Waals surface area contributed by atoms with Crippen LogP contribution in [-0.4, -0.2) is 12.5 Å². The van der Waals surface area contributed by atoms with Crippen molar-refractivity contribution in [3.63, 3.8) is 0 Å². The van der Waals surface area contributed by atoms with Gasteiger partial charge in [0.2, 0.25) is 0 Å². The monoisotopic (exact) mass is 594 g/mol. The number of amides is 1. The van der Waals surface area contributed by atoms with Crippen LogP contribution in [0.3, 0.4) is 0 Å². The normalized spacial score (nSPS) is 11.1. The van der Waals surface area contributed by atoms with Gasteiger partial charge in [0.15, 0.2) is 12.4 Å². The number of hydrogen-bond donors (Lipinski definition) is 1. The Morgan fingerprint density at radius 1 is 0.943 bits per heavy atom. The molecule has 2 rings (SSSR count). The van der Waals surface area contributed by atoms with Gasteiger partial charge in [0.25, 0.3) is 5.91 Å². The zero-order valence-corrected chi connectivity index (χ0v) is 24.8. The zero-order valence-electron chi connectivity index (χ0n) is 22.7. The van der Waals surface area contributed by atoms with E-state index in [0.717, 1.165) is 29.9 Å². The molecule has 5 heteroatoms. The highest BCUT2D eigenvalue weighted by Gasteiger charge is 2.21. The quantitative estimate of drug-likeness (QED) is 0.192. The molecule has 1 heterocycles. The minimum atomic E-state index is -0.101. The molecule has 4 nitrogen and oxygen atoms in total. The predicted octanol–water partition coefficient (Wildman–Crippen LogP) is 4.04. The molecule has 1 amide bonds. The summed E-state index contributed by atoms with van der Waals surface area (Å²) in [6, 6.07) is 9.84. The van der Waals surface area contributed by atoms with Gasteiger partial charge in [0.05, 0.1) is 6.61 Å². The molecule has 1 aromatic heterocycles. The molecule has 2 aromatic rings. The number of halogens is 1. The number of unbranched alkanes of at least 4 members (excludes halogenated alkanes) is 9. The molecule has 35 heavy (non-hydrogen) atoms. The first-order valence-corrected chi connectivity index (χ1v) is 13.3. The highest BCUT2D eigenvalue weighted by atomic mass is 127. The Morgan fingerprint density at radius 2 is 1.57 bits per heavy atom. The molecule has 0 radical (unpaired) electrons. The second-order valence-electron chi connectivity index (χ2n) is 10.6. The van der Waals surface area contributed by atoms with Crippen molar-refractivity contribution in [2.45, 2.75) is 104 Å². The molecular weight excluding hydrogens is 547 g/mol. The average Bonchev–Trinajstić information content (AvgIpc) is 2.80. The van der Waals surface area contributed by atoms with Gasteiger partial charge in [-0.15, -0.1) is 0 Å². The first-order valence-electron chi connectivity index (χ1n) is 13.3. The van der Waals surface area contributed by atoms with Crippen LogP contribution in [0, 0.1) is 0 Å². The van der Waals surface area contributed by atoms with Gasteiger partial charge in [0, 0.05) is 29.3 Å². The van der Waals surface area contributed by atoms with E-state index >= 15 is 0 Å². The number of nitrogens with zero attached hydrogens (tertiary/aromatic N) is 1. The molecule has 0 fully saturated rings. The van der Waals surface area contributed by atoms with Crippen LogP contribution in [0.4, 0.5) is 0 Å². The minimum Gasteiger partial charge on any atom is -1.00 e. The van der Waals surface area contributed by atoms with E-state index in [1.165, 1.54) is 57.8 Å². The van der Waals surface area contributed by atoms with Gasteiger partial charge in [-0.05, 0) is 36.1 Å². The number of benzene rings is 1.